The second-order valence-electron chi connectivity index (χ2n) is 6.60. The minimum atomic E-state index is -1.31. The fraction of sp³-hybridized carbons (Fsp3) is 0.0833. The normalized spacial score (nSPS) is 16.9. The van der Waals surface area contributed by atoms with Crippen LogP contribution in [0, 0.1) is 9.39 Å². The molecule has 4 heteroatoms. The number of rotatable bonds is 1. The first-order valence-electron chi connectivity index (χ1n) is 8.85. The van der Waals surface area contributed by atoms with Gasteiger partial charge in [-0.3, -0.25) is 0 Å². The second kappa shape index (κ2) is 7.28. The quantitative estimate of drug-likeness (QED) is 0.353. The molecule has 4 aromatic carbocycles. The van der Waals surface area contributed by atoms with E-state index in [2.05, 4.69) is 28.7 Å². The lowest BCUT2D eigenvalue weighted by atomic mass is 9.82. The highest BCUT2D eigenvalue weighted by atomic mass is 127. The van der Waals surface area contributed by atoms with E-state index in [4.69, 9.17) is 5.11 Å². The lowest BCUT2D eigenvalue weighted by molar-refractivity contribution is 0.132. The number of aliphatic hydroxyl groups excluding tert-OH is 1. The van der Waals surface area contributed by atoms with Crippen LogP contribution in [0.5, 0.6) is 0 Å². The van der Waals surface area contributed by atoms with Crippen LogP contribution >= 0.6 is 22.6 Å². The van der Waals surface area contributed by atoms with E-state index in [-0.39, 0.29) is 5.82 Å². The van der Waals surface area contributed by atoms with Crippen molar-refractivity contribution in [3.63, 3.8) is 0 Å². The van der Waals surface area contributed by atoms with Gasteiger partial charge >= 0.3 is 0 Å². The molecule has 2 N–H and O–H groups in total. The van der Waals surface area contributed by atoms with Crippen molar-refractivity contribution < 1.29 is 14.6 Å². The molecule has 4 aromatic rings. The molecule has 1 aliphatic carbocycles. The van der Waals surface area contributed by atoms with Gasteiger partial charge in [0.1, 0.15) is 11.4 Å². The van der Waals surface area contributed by atoms with Gasteiger partial charge in [0.2, 0.25) is 0 Å². The Hall–Kier alpha value is -2.28. The third kappa shape index (κ3) is 2.67. The van der Waals surface area contributed by atoms with Crippen molar-refractivity contribution >= 4 is 33.4 Å². The van der Waals surface area contributed by atoms with Crippen LogP contribution in [-0.2, 0) is 5.60 Å². The first-order valence-corrected chi connectivity index (χ1v) is 9.93. The van der Waals surface area contributed by atoms with Gasteiger partial charge in [0, 0.05) is 27.4 Å². The molecule has 0 unspecified atom stereocenters. The summed E-state index contributed by atoms with van der Waals surface area (Å²) in [5.41, 5.74) is 3.09. The summed E-state index contributed by atoms with van der Waals surface area (Å²) in [7, 11) is 1.00. The Balaban J connectivity index is 0.000000932. The average molecular weight is 484 g/mol. The van der Waals surface area contributed by atoms with Gasteiger partial charge in [0.25, 0.3) is 0 Å². The Morgan fingerprint density at radius 2 is 1.54 bits per heavy atom. The predicted octanol–water partition coefficient (Wildman–Crippen LogP) is 5.46. The van der Waals surface area contributed by atoms with Gasteiger partial charge < -0.3 is 10.2 Å². The van der Waals surface area contributed by atoms with Crippen LogP contribution in [0.1, 0.15) is 16.7 Å². The molecule has 0 bridgehead atoms. The topological polar surface area (TPSA) is 40.5 Å². The molecule has 5 rings (SSSR count). The zero-order chi connectivity index (χ0) is 19.9. The third-order valence-corrected chi connectivity index (χ3v) is 6.05. The van der Waals surface area contributed by atoms with Crippen LogP contribution in [0.3, 0.4) is 0 Å². The summed E-state index contributed by atoms with van der Waals surface area (Å²) in [4.78, 5) is 0. The molecule has 0 fully saturated rings. The van der Waals surface area contributed by atoms with Crippen molar-refractivity contribution in [2.75, 3.05) is 7.11 Å². The van der Waals surface area contributed by atoms with Crippen molar-refractivity contribution in [3.8, 4) is 11.1 Å². The van der Waals surface area contributed by atoms with Gasteiger partial charge in [0.05, 0.1) is 0 Å². The van der Waals surface area contributed by atoms with Crippen LogP contribution < -0.4 is 0 Å². The maximum atomic E-state index is 14.1. The number of fused-ring (bicyclic) bond motifs is 5. The molecule has 0 saturated carbocycles. The molecule has 2 nitrogen and oxygen atoms in total. The van der Waals surface area contributed by atoms with Gasteiger partial charge in [0.15, 0.2) is 0 Å². The minimum Gasteiger partial charge on any atom is -0.400 e. The number of halogens is 2. The van der Waals surface area contributed by atoms with E-state index in [1.165, 1.54) is 12.1 Å². The number of hydrogen-bond acceptors (Lipinski definition) is 2. The second-order valence-corrected chi connectivity index (χ2v) is 7.76. The smallest absolute Gasteiger partial charge is 0.142 e. The van der Waals surface area contributed by atoms with Crippen molar-refractivity contribution in [2.24, 2.45) is 0 Å². The highest BCUT2D eigenvalue weighted by Gasteiger charge is 2.45. The summed E-state index contributed by atoms with van der Waals surface area (Å²) in [6.45, 7) is 0. The Kier molecular flexibility index (Phi) is 4.95. The van der Waals surface area contributed by atoms with E-state index in [0.717, 1.165) is 49.3 Å². The maximum Gasteiger partial charge on any atom is 0.142 e. The Morgan fingerprint density at radius 1 is 0.857 bits per heavy atom. The predicted molar refractivity (Wildman–Crippen MR) is 119 cm³/mol. The third-order valence-electron chi connectivity index (χ3n) is 5.20. The summed E-state index contributed by atoms with van der Waals surface area (Å²) in [5.74, 6) is -0.299. The molecule has 0 radical (unpaired) electrons. The van der Waals surface area contributed by atoms with Crippen LogP contribution in [0.25, 0.3) is 21.9 Å². The Bertz CT molecular complexity index is 1170. The first-order chi connectivity index (χ1) is 13.6. The highest BCUT2D eigenvalue weighted by Crippen LogP contribution is 2.54. The molecule has 140 valence electrons. The molecule has 0 saturated heterocycles. The standard InChI is InChI=1S/C23H14FIO.CH4O/c24-16-11-10-14-12-20(25)21-17-8-4-5-9-19(17)23(26,22(21)18(14)13-16)15-6-2-1-3-7-15;1-2/h1-13,26H;2H,1H3/t23-;/m1./s1. The van der Waals surface area contributed by atoms with E-state index in [1.54, 1.807) is 6.07 Å². The molecule has 0 aliphatic heterocycles. The zero-order valence-corrected chi connectivity index (χ0v) is 17.3. The van der Waals surface area contributed by atoms with Gasteiger partial charge in [-0.2, -0.15) is 0 Å². The number of hydrogen-bond donors (Lipinski definition) is 2. The van der Waals surface area contributed by atoms with E-state index >= 15 is 0 Å². The van der Waals surface area contributed by atoms with E-state index in [9.17, 15) is 9.50 Å². The highest BCUT2D eigenvalue weighted by molar-refractivity contribution is 14.1. The SMILES string of the molecule is CO.O[C@]1(c2ccccc2)c2ccccc2-c2c(I)cc3ccc(F)cc3c21. The summed E-state index contributed by atoms with van der Waals surface area (Å²) in [5, 5.41) is 20.7. The summed E-state index contributed by atoms with van der Waals surface area (Å²) in [6.07, 6.45) is 0. The van der Waals surface area contributed by atoms with Crippen LogP contribution in [-0.4, -0.2) is 17.3 Å². The van der Waals surface area contributed by atoms with Gasteiger partial charge in [-0.1, -0.05) is 60.7 Å². The molecule has 0 aromatic heterocycles. The zero-order valence-electron chi connectivity index (χ0n) is 15.2. The summed E-state index contributed by atoms with van der Waals surface area (Å²) in [6, 6.07) is 24.4. The van der Waals surface area contributed by atoms with Crippen molar-refractivity contribution in [1.29, 1.82) is 0 Å². The molecule has 0 spiro atoms. The molecule has 28 heavy (non-hydrogen) atoms. The lowest BCUT2D eigenvalue weighted by Crippen LogP contribution is -2.26. The van der Waals surface area contributed by atoms with Crippen LogP contribution in [0.15, 0.2) is 78.9 Å². The first kappa shape index (κ1) is 19.1. The largest absolute Gasteiger partial charge is 0.400 e. The summed E-state index contributed by atoms with van der Waals surface area (Å²) >= 11 is 2.31. The fourth-order valence-corrected chi connectivity index (χ4v) is 5.00. The molecule has 1 aliphatic rings. The lowest BCUT2D eigenvalue weighted by Gasteiger charge is -2.28. The minimum absolute atomic E-state index is 0.299. The van der Waals surface area contributed by atoms with Gasteiger partial charge in [-0.25, -0.2) is 4.39 Å². The molecule has 0 heterocycles. The maximum absolute atomic E-state index is 14.1. The van der Waals surface area contributed by atoms with E-state index in [0.29, 0.717) is 0 Å². The Labute approximate surface area is 176 Å². The molecule has 1 atom stereocenters. The average Bonchev–Trinajstić information content (AvgIpc) is 3.02. The van der Waals surface area contributed by atoms with Crippen molar-refractivity contribution in [1.82, 2.24) is 0 Å². The summed E-state index contributed by atoms with van der Waals surface area (Å²) < 4.78 is 15.2. The van der Waals surface area contributed by atoms with Crippen molar-refractivity contribution in [3.05, 3.63) is 105 Å². The number of aliphatic hydroxyl groups is 2. The number of benzene rings is 4. The molecular weight excluding hydrogens is 466 g/mol. The van der Waals surface area contributed by atoms with Crippen LogP contribution in [0.4, 0.5) is 4.39 Å². The van der Waals surface area contributed by atoms with Crippen molar-refractivity contribution in [2.45, 2.75) is 5.60 Å². The van der Waals surface area contributed by atoms with Gasteiger partial charge in [-0.15, -0.1) is 0 Å². The van der Waals surface area contributed by atoms with E-state index in [1.807, 2.05) is 54.6 Å². The monoisotopic (exact) mass is 484 g/mol. The Morgan fingerprint density at radius 3 is 2.29 bits per heavy atom. The van der Waals surface area contributed by atoms with Crippen LogP contribution in [0.2, 0.25) is 0 Å². The van der Waals surface area contributed by atoms with E-state index < -0.39 is 5.60 Å². The van der Waals surface area contributed by atoms with Gasteiger partial charge in [-0.05, 0) is 62.7 Å². The molecular formula is C24H18FIO2. The molecule has 0 amide bonds. The fourth-order valence-electron chi connectivity index (χ4n) is 4.10.